The van der Waals surface area contributed by atoms with Crippen LogP contribution in [-0.4, -0.2) is 30.4 Å². The highest BCUT2D eigenvalue weighted by atomic mass is 35.5. The van der Waals surface area contributed by atoms with Crippen molar-refractivity contribution >= 4 is 21.6 Å². The standard InChI is InChI=1S/C13H17ClFNO3S/c1-2-11-4-3-5-16(11)20(18,19)12-7-10(14)6-9(8-17)13(12)15/h6-7,11,17H,2-5,8H2,1H3. The number of hydrogen-bond donors (Lipinski definition) is 1. The first kappa shape index (κ1) is 15.7. The van der Waals surface area contributed by atoms with E-state index in [0.29, 0.717) is 13.0 Å². The fourth-order valence-electron chi connectivity index (χ4n) is 2.58. The van der Waals surface area contributed by atoms with Crippen LogP contribution in [0.5, 0.6) is 0 Å². The number of sulfonamides is 1. The first-order chi connectivity index (χ1) is 9.41. The van der Waals surface area contributed by atoms with Gasteiger partial charge in [-0.05, 0) is 31.4 Å². The lowest BCUT2D eigenvalue weighted by molar-refractivity contribution is 0.274. The van der Waals surface area contributed by atoms with Crippen molar-refractivity contribution in [2.45, 2.75) is 43.7 Å². The molecule has 1 aliphatic rings. The summed E-state index contributed by atoms with van der Waals surface area (Å²) in [7, 11) is -3.92. The normalized spacial score (nSPS) is 20.5. The smallest absolute Gasteiger partial charge is 0.246 e. The van der Waals surface area contributed by atoms with Crippen LogP contribution in [0.3, 0.4) is 0 Å². The quantitative estimate of drug-likeness (QED) is 0.927. The summed E-state index contributed by atoms with van der Waals surface area (Å²) in [6.07, 6.45) is 2.24. The Hall–Kier alpha value is -0.690. The van der Waals surface area contributed by atoms with E-state index in [-0.39, 0.29) is 16.6 Å². The molecule has 1 aromatic carbocycles. The highest BCUT2D eigenvalue weighted by molar-refractivity contribution is 7.89. The lowest BCUT2D eigenvalue weighted by Gasteiger charge is -2.23. The summed E-state index contributed by atoms with van der Waals surface area (Å²) in [5.74, 6) is -0.918. The topological polar surface area (TPSA) is 57.6 Å². The molecule has 1 saturated heterocycles. The number of aliphatic hydroxyl groups is 1. The monoisotopic (exact) mass is 321 g/mol. The van der Waals surface area contributed by atoms with Crippen molar-refractivity contribution in [1.82, 2.24) is 4.31 Å². The molecule has 0 bridgehead atoms. The van der Waals surface area contributed by atoms with Gasteiger partial charge in [-0.25, -0.2) is 12.8 Å². The molecule has 2 rings (SSSR count). The second-order valence-electron chi connectivity index (χ2n) is 4.86. The van der Waals surface area contributed by atoms with Gasteiger partial charge in [-0.3, -0.25) is 0 Å². The van der Waals surface area contributed by atoms with Gasteiger partial charge in [-0.15, -0.1) is 0 Å². The number of hydrogen-bond acceptors (Lipinski definition) is 3. The molecule has 1 atom stereocenters. The summed E-state index contributed by atoms with van der Waals surface area (Å²) < 4.78 is 40.7. The van der Waals surface area contributed by atoms with Crippen molar-refractivity contribution in [1.29, 1.82) is 0 Å². The van der Waals surface area contributed by atoms with Crippen LogP contribution in [-0.2, 0) is 16.6 Å². The Morgan fingerprint density at radius 1 is 1.50 bits per heavy atom. The second-order valence-corrected chi connectivity index (χ2v) is 7.15. The SMILES string of the molecule is CCC1CCCN1S(=O)(=O)c1cc(Cl)cc(CO)c1F. The molecule has 0 aromatic heterocycles. The molecule has 20 heavy (non-hydrogen) atoms. The lowest BCUT2D eigenvalue weighted by Crippen LogP contribution is -2.35. The molecule has 7 heteroatoms. The maximum Gasteiger partial charge on any atom is 0.246 e. The first-order valence-electron chi connectivity index (χ1n) is 6.52. The van der Waals surface area contributed by atoms with Crippen molar-refractivity contribution in [2.24, 2.45) is 0 Å². The lowest BCUT2D eigenvalue weighted by atomic mass is 10.2. The minimum atomic E-state index is -3.92. The summed E-state index contributed by atoms with van der Waals surface area (Å²) in [4.78, 5) is -0.450. The molecule has 1 heterocycles. The highest BCUT2D eigenvalue weighted by Crippen LogP contribution is 2.31. The van der Waals surface area contributed by atoms with Crippen molar-refractivity contribution in [3.05, 3.63) is 28.5 Å². The van der Waals surface area contributed by atoms with Gasteiger partial charge in [0.25, 0.3) is 0 Å². The molecule has 0 aliphatic carbocycles. The van der Waals surface area contributed by atoms with E-state index in [4.69, 9.17) is 16.7 Å². The van der Waals surface area contributed by atoms with Gasteiger partial charge in [-0.2, -0.15) is 4.31 Å². The van der Waals surface area contributed by atoms with Crippen LogP contribution in [0.2, 0.25) is 5.02 Å². The Bertz CT molecular complexity index is 606. The molecule has 0 spiro atoms. The Morgan fingerprint density at radius 2 is 2.20 bits per heavy atom. The maximum atomic E-state index is 14.2. The average Bonchev–Trinajstić information content (AvgIpc) is 2.89. The largest absolute Gasteiger partial charge is 0.392 e. The molecule has 1 fully saturated rings. The Labute approximate surface area is 123 Å². The minimum absolute atomic E-state index is 0.0984. The third-order valence-electron chi connectivity index (χ3n) is 3.63. The first-order valence-corrected chi connectivity index (χ1v) is 8.34. The van der Waals surface area contributed by atoms with Gasteiger partial charge < -0.3 is 5.11 Å². The summed E-state index contributed by atoms with van der Waals surface area (Å²) in [6, 6.07) is 2.24. The summed E-state index contributed by atoms with van der Waals surface area (Å²) in [6.45, 7) is 1.71. The molecular formula is C13H17ClFNO3S. The predicted molar refractivity (Wildman–Crippen MR) is 74.5 cm³/mol. The number of rotatable bonds is 4. The maximum absolute atomic E-state index is 14.2. The van der Waals surface area contributed by atoms with Crippen molar-refractivity contribution in [3.63, 3.8) is 0 Å². The van der Waals surface area contributed by atoms with Crippen LogP contribution in [0.15, 0.2) is 17.0 Å². The van der Waals surface area contributed by atoms with Gasteiger partial charge in [0.05, 0.1) is 6.61 Å². The van der Waals surface area contributed by atoms with Gasteiger partial charge in [-0.1, -0.05) is 18.5 Å². The number of nitrogens with zero attached hydrogens (tertiary/aromatic N) is 1. The van der Waals surface area contributed by atoms with Crippen LogP contribution in [0.25, 0.3) is 0 Å². The van der Waals surface area contributed by atoms with Crippen LogP contribution in [0.1, 0.15) is 31.7 Å². The zero-order chi connectivity index (χ0) is 14.9. The summed E-state index contributed by atoms with van der Waals surface area (Å²) in [5, 5.41) is 9.19. The molecule has 1 aliphatic heterocycles. The van der Waals surface area contributed by atoms with E-state index >= 15 is 0 Å². The van der Waals surface area contributed by atoms with Crippen molar-refractivity contribution in [3.8, 4) is 0 Å². The van der Waals surface area contributed by atoms with Crippen LogP contribution in [0, 0.1) is 5.82 Å². The number of halogens is 2. The Kier molecular flexibility index (Phi) is 4.69. The van der Waals surface area contributed by atoms with Crippen LogP contribution < -0.4 is 0 Å². The van der Waals surface area contributed by atoms with Crippen LogP contribution >= 0.6 is 11.6 Å². The molecule has 112 valence electrons. The molecule has 1 unspecified atom stereocenters. The van der Waals surface area contributed by atoms with E-state index in [1.165, 1.54) is 10.4 Å². The second kappa shape index (κ2) is 5.97. The number of aliphatic hydroxyl groups excluding tert-OH is 1. The van der Waals surface area contributed by atoms with E-state index in [0.717, 1.165) is 18.9 Å². The van der Waals surface area contributed by atoms with Crippen LogP contribution in [0.4, 0.5) is 4.39 Å². The van der Waals surface area contributed by atoms with Crippen molar-refractivity contribution < 1.29 is 17.9 Å². The Morgan fingerprint density at radius 3 is 2.80 bits per heavy atom. The zero-order valence-electron chi connectivity index (χ0n) is 11.1. The fourth-order valence-corrected chi connectivity index (χ4v) is 4.79. The molecular weight excluding hydrogens is 305 g/mol. The zero-order valence-corrected chi connectivity index (χ0v) is 12.7. The molecule has 1 N–H and O–H groups in total. The average molecular weight is 322 g/mol. The molecule has 0 amide bonds. The molecule has 0 saturated carbocycles. The Balaban J connectivity index is 2.52. The van der Waals surface area contributed by atoms with Gasteiger partial charge in [0, 0.05) is 23.2 Å². The summed E-state index contributed by atoms with van der Waals surface area (Å²) >= 11 is 5.82. The van der Waals surface area contributed by atoms with E-state index in [9.17, 15) is 12.8 Å². The van der Waals surface area contributed by atoms with E-state index in [1.54, 1.807) is 0 Å². The summed E-state index contributed by atoms with van der Waals surface area (Å²) in [5.41, 5.74) is -0.108. The van der Waals surface area contributed by atoms with Gasteiger partial charge in [0.2, 0.25) is 10.0 Å². The predicted octanol–water partition coefficient (Wildman–Crippen LogP) is 2.53. The van der Waals surface area contributed by atoms with Gasteiger partial charge >= 0.3 is 0 Å². The van der Waals surface area contributed by atoms with E-state index < -0.39 is 27.3 Å². The fraction of sp³-hybridized carbons (Fsp3) is 0.538. The van der Waals surface area contributed by atoms with E-state index in [1.807, 2.05) is 6.92 Å². The molecule has 0 radical (unpaired) electrons. The minimum Gasteiger partial charge on any atom is -0.392 e. The highest BCUT2D eigenvalue weighted by Gasteiger charge is 2.36. The molecule has 4 nitrogen and oxygen atoms in total. The van der Waals surface area contributed by atoms with Crippen molar-refractivity contribution in [2.75, 3.05) is 6.54 Å². The van der Waals surface area contributed by atoms with E-state index in [2.05, 4.69) is 0 Å². The van der Waals surface area contributed by atoms with Gasteiger partial charge in [0.15, 0.2) is 0 Å². The third-order valence-corrected chi connectivity index (χ3v) is 5.80. The van der Waals surface area contributed by atoms with Gasteiger partial charge in [0.1, 0.15) is 10.7 Å². The molecule has 1 aromatic rings. The number of benzene rings is 1. The third kappa shape index (κ3) is 2.70.